The zero-order valence-electron chi connectivity index (χ0n) is 13.6. The maximum atomic E-state index is 4.22. The summed E-state index contributed by atoms with van der Waals surface area (Å²) in [5.74, 6) is 0.848. The van der Waals surface area contributed by atoms with E-state index in [1.807, 2.05) is 4.68 Å². The summed E-state index contributed by atoms with van der Waals surface area (Å²) in [6, 6.07) is 6.41. The summed E-state index contributed by atoms with van der Waals surface area (Å²) in [5, 5.41) is 15.7. The van der Waals surface area contributed by atoms with Crippen LogP contribution in [0.3, 0.4) is 0 Å². The molecule has 5 heteroatoms. The predicted octanol–water partition coefficient (Wildman–Crippen LogP) is 2.68. The summed E-state index contributed by atoms with van der Waals surface area (Å²) in [6.45, 7) is 11.4. The molecule has 0 bridgehead atoms. The Balaban J connectivity index is 2.41. The second-order valence-corrected chi connectivity index (χ2v) is 6.24. The van der Waals surface area contributed by atoms with Gasteiger partial charge in [0.1, 0.15) is 0 Å². The third-order valence-electron chi connectivity index (χ3n) is 3.49. The van der Waals surface area contributed by atoms with E-state index in [1.165, 1.54) is 11.1 Å². The zero-order chi connectivity index (χ0) is 15.5. The van der Waals surface area contributed by atoms with Crippen LogP contribution < -0.4 is 5.32 Å². The van der Waals surface area contributed by atoms with Gasteiger partial charge in [-0.3, -0.25) is 0 Å². The van der Waals surface area contributed by atoms with Gasteiger partial charge in [-0.25, -0.2) is 0 Å². The first-order valence-electron chi connectivity index (χ1n) is 7.59. The molecule has 0 atom stereocenters. The van der Waals surface area contributed by atoms with Crippen LogP contribution in [0.5, 0.6) is 0 Å². The fourth-order valence-electron chi connectivity index (χ4n) is 2.32. The van der Waals surface area contributed by atoms with Crippen molar-refractivity contribution in [1.82, 2.24) is 25.5 Å². The molecule has 1 aromatic carbocycles. The molecule has 1 N–H and O–H groups in total. The van der Waals surface area contributed by atoms with Crippen molar-refractivity contribution in [1.29, 1.82) is 0 Å². The third-order valence-corrected chi connectivity index (χ3v) is 3.49. The van der Waals surface area contributed by atoms with Gasteiger partial charge >= 0.3 is 0 Å². The van der Waals surface area contributed by atoms with Crippen molar-refractivity contribution >= 4 is 0 Å². The van der Waals surface area contributed by atoms with Gasteiger partial charge in [0.2, 0.25) is 0 Å². The van der Waals surface area contributed by atoms with Crippen molar-refractivity contribution in [2.45, 2.75) is 59.5 Å². The van der Waals surface area contributed by atoms with Crippen LogP contribution in [0.2, 0.25) is 0 Å². The van der Waals surface area contributed by atoms with Crippen molar-refractivity contribution < 1.29 is 0 Å². The van der Waals surface area contributed by atoms with Gasteiger partial charge in [-0.1, -0.05) is 32.0 Å². The number of benzene rings is 1. The highest BCUT2D eigenvalue weighted by atomic mass is 15.5. The van der Waals surface area contributed by atoms with Crippen LogP contribution in [0.25, 0.3) is 5.69 Å². The molecule has 0 amide bonds. The van der Waals surface area contributed by atoms with E-state index in [0.717, 1.165) is 24.4 Å². The standard InChI is InChI=1S/C16H25N5/c1-6-12-9-8-10-13(7-2)15(12)21-14(18-19-20-21)11-17-16(3,4)5/h8-10,17H,6-7,11H2,1-5H3. The van der Waals surface area contributed by atoms with E-state index < -0.39 is 0 Å². The van der Waals surface area contributed by atoms with Crippen LogP contribution in [0.15, 0.2) is 18.2 Å². The van der Waals surface area contributed by atoms with Crippen LogP contribution >= 0.6 is 0 Å². The quantitative estimate of drug-likeness (QED) is 0.918. The molecule has 114 valence electrons. The van der Waals surface area contributed by atoms with Crippen LogP contribution in [-0.2, 0) is 19.4 Å². The van der Waals surface area contributed by atoms with Crippen molar-refractivity contribution in [3.05, 3.63) is 35.2 Å². The fourth-order valence-corrected chi connectivity index (χ4v) is 2.32. The number of rotatable bonds is 5. The molecule has 1 heterocycles. The Hall–Kier alpha value is -1.75. The average Bonchev–Trinajstić information content (AvgIpc) is 2.91. The molecule has 0 aliphatic carbocycles. The lowest BCUT2D eigenvalue weighted by molar-refractivity contribution is 0.415. The van der Waals surface area contributed by atoms with Crippen molar-refractivity contribution in [2.24, 2.45) is 0 Å². The number of nitrogens with zero attached hydrogens (tertiary/aromatic N) is 4. The minimum atomic E-state index is 0.0363. The van der Waals surface area contributed by atoms with Gasteiger partial charge < -0.3 is 5.32 Å². The molecule has 0 saturated heterocycles. The molecule has 1 aromatic heterocycles. The minimum Gasteiger partial charge on any atom is -0.305 e. The second-order valence-electron chi connectivity index (χ2n) is 6.24. The van der Waals surface area contributed by atoms with E-state index in [9.17, 15) is 0 Å². The Bertz CT molecular complexity index is 573. The highest BCUT2D eigenvalue weighted by Crippen LogP contribution is 2.21. The van der Waals surface area contributed by atoms with Gasteiger partial charge in [0.15, 0.2) is 5.82 Å². The first-order chi connectivity index (χ1) is 9.96. The number of nitrogens with one attached hydrogen (secondary N) is 1. The van der Waals surface area contributed by atoms with Gasteiger partial charge in [0.05, 0.1) is 12.2 Å². The highest BCUT2D eigenvalue weighted by Gasteiger charge is 2.17. The first kappa shape index (κ1) is 15.6. The largest absolute Gasteiger partial charge is 0.305 e. The highest BCUT2D eigenvalue weighted by molar-refractivity contribution is 5.48. The minimum absolute atomic E-state index is 0.0363. The molecule has 0 spiro atoms. The molecule has 2 aromatic rings. The molecule has 0 saturated carbocycles. The summed E-state index contributed by atoms with van der Waals surface area (Å²) in [6.07, 6.45) is 1.93. The average molecular weight is 287 g/mol. The summed E-state index contributed by atoms with van der Waals surface area (Å²) in [7, 11) is 0. The lowest BCUT2D eigenvalue weighted by Gasteiger charge is -2.20. The van der Waals surface area contributed by atoms with Gasteiger partial charge in [0, 0.05) is 5.54 Å². The number of aryl methyl sites for hydroxylation is 2. The lowest BCUT2D eigenvalue weighted by atomic mass is 10.0. The molecule has 21 heavy (non-hydrogen) atoms. The van der Waals surface area contributed by atoms with Crippen LogP contribution in [-0.4, -0.2) is 25.7 Å². The number of hydrogen-bond acceptors (Lipinski definition) is 4. The van der Waals surface area contributed by atoms with E-state index in [-0.39, 0.29) is 5.54 Å². The topological polar surface area (TPSA) is 55.6 Å². The monoisotopic (exact) mass is 287 g/mol. The maximum Gasteiger partial charge on any atom is 0.170 e. The van der Waals surface area contributed by atoms with Gasteiger partial charge in [-0.05, 0) is 55.2 Å². The van der Waals surface area contributed by atoms with Crippen molar-refractivity contribution in [3.63, 3.8) is 0 Å². The van der Waals surface area contributed by atoms with E-state index in [1.54, 1.807) is 0 Å². The summed E-state index contributed by atoms with van der Waals surface area (Å²) >= 11 is 0. The fraction of sp³-hybridized carbons (Fsp3) is 0.562. The van der Waals surface area contributed by atoms with Gasteiger partial charge in [-0.15, -0.1) is 5.10 Å². The normalized spacial score (nSPS) is 11.9. The van der Waals surface area contributed by atoms with Gasteiger partial charge in [0.25, 0.3) is 0 Å². The summed E-state index contributed by atoms with van der Waals surface area (Å²) < 4.78 is 1.89. The van der Waals surface area contributed by atoms with Crippen LogP contribution in [0.1, 0.15) is 51.6 Å². The number of para-hydroxylation sites is 1. The number of tetrazole rings is 1. The summed E-state index contributed by atoms with van der Waals surface area (Å²) in [4.78, 5) is 0. The Kier molecular flexibility index (Phi) is 4.73. The molecule has 0 aliphatic heterocycles. The molecule has 0 aliphatic rings. The summed E-state index contributed by atoms with van der Waals surface area (Å²) in [5.41, 5.74) is 3.73. The second kappa shape index (κ2) is 6.35. The zero-order valence-corrected chi connectivity index (χ0v) is 13.6. The van der Waals surface area contributed by atoms with E-state index in [2.05, 4.69) is 73.7 Å². The molecule has 0 fully saturated rings. The Morgan fingerprint density at radius 3 is 2.24 bits per heavy atom. The van der Waals surface area contributed by atoms with Crippen LogP contribution in [0, 0.1) is 0 Å². The maximum absolute atomic E-state index is 4.22. The van der Waals surface area contributed by atoms with E-state index in [4.69, 9.17) is 0 Å². The Morgan fingerprint density at radius 1 is 1.10 bits per heavy atom. The predicted molar refractivity (Wildman–Crippen MR) is 84.5 cm³/mol. The lowest BCUT2D eigenvalue weighted by Crippen LogP contribution is -2.36. The smallest absolute Gasteiger partial charge is 0.170 e. The molecule has 0 radical (unpaired) electrons. The SMILES string of the molecule is CCc1cccc(CC)c1-n1nnnc1CNC(C)(C)C. The molecule has 5 nitrogen and oxygen atoms in total. The number of aromatic nitrogens is 4. The van der Waals surface area contributed by atoms with Crippen LogP contribution in [0.4, 0.5) is 0 Å². The molecule has 0 unspecified atom stereocenters. The molecular formula is C16H25N5. The van der Waals surface area contributed by atoms with Gasteiger partial charge in [-0.2, -0.15) is 4.68 Å². The van der Waals surface area contributed by atoms with E-state index >= 15 is 0 Å². The third kappa shape index (κ3) is 3.67. The molecule has 2 rings (SSSR count). The molecular weight excluding hydrogens is 262 g/mol. The Labute approximate surface area is 126 Å². The Morgan fingerprint density at radius 2 is 1.71 bits per heavy atom. The van der Waals surface area contributed by atoms with E-state index in [0.29, 0.717) is 6.54 Å². The first-order valence-corrected chi connectivity index (χ1v) is 7.59. The van der Waals surface area contributed by atoms with Crippen molar-refractivity contribution in [3.8, 4) is 5.69 Å². The number of hydrogen-bond donors (Lipinski definition) is 1. The van der Waals surface area contributed by atoms with Crippen molar-refractivity contribution in [2.75, 3.05) is 0 Å².